The van der Waals surface area contributed by atoms with Gasteiger partial charge in [-0.3, -0.25) is 4.79 Å². The average molecular weight is 488 g/mol. The Morgan fingerprint density at radius 1 is 1.30 bits per heavy atom. The number of hydrogen-bond acceptors (Lipinski definition) is 3. The van der Waals surface area contributed by atoms with Gasteiger partial charge in [-0.1, -0.05) is 12.1 Å². The summed E-state index contributed by atoms with van der Waals surface area (Å²) in [5, 5.41) is 9.57. The largest absolute Gasteiger partial charge is 0.376 e. The number of carbonyl (C=O) groups is 1. The standard InChI is InChI=1S/C20H32N4O2.HI/c1-5-21-19(23-14-17-10-7-11-26-17)22-13-15-8-6-9-16(12-15)18(25)24-20(2,3)4;/h6,8-9,12,17H,5,7,10-11,13-14H2,1-4H3,(H,24,25)(H2,21,22,23);1H. The van der Waals surface area contributed by atoms with Crippen LogP contribution in [-0.4, -0.2) is 43.2 Å². The molecule has 7 heteroatoms. The average Bonchev–Trinajstić information content (AvgIpc) is 3.09. The van der Waals surface area contributed by atoms with Crippen LogP contribution in [0.4, 0.5) is 0 Å². The summed E-state index contributed by atoms with van der Waals surface area (Å²) in [6.45, 7) is 10.9. The monoisotopic (exact) mass is 488 g/mol. The first-order chi connectivity index (χ1) is 12.4. The number of hydrogen-bond donors (Lipinski definition) is 3. The zero-order valence-electron chi connectivity index (χ0n) is 16.8. The van der Waals surface area contributed by atoms with Gasteiger partial charge in [-0.05, 0) is 58.2 Å². The van der Waals surface area contributed by atoms with Crippen molar-refractivity contribution in [2.75, 3.05) is 19.7 Å². The number of aliphatic imine (C=N–C) groups is 1. The van der Waals surface area contributed by atoms with Gasteiger partial charge in [-0.2, -0.15) is 0 Å². The molecule has 1 saturated heterocycles. The molecule has 6 nitrogen and oxygen atoms in total. The van der Waals surface area contributed by atoms with Crippen molar-refractivity contribution in [2.45, 2.75) is 58.7 Å². The van der Waals surface area contributed by atoms with Crippen molar-refractivity contribution in [3.63, 3.8) is 0 Å². The minimum absolute atomic E-state index is 0. The summed E-state index contributed by atoms with van der Waals surface area (Å²) >= 11 is 0. The maximum Gasteiger partial charge on any atom is 0.251 e. The fourth-order valence-electron chi connectivity index (χ4n) is 2.75. The molecule has 0 aliphatic carbocycles. The van der Waals surface area contributed by atoms with Crippen LogP contribution in [0, 0.1) is 0 Å². The molecule has 0 spiro atoms. The number of ether oxygens (including phenoxy) is 1. The fourth-order valence-corrected chi connectivity index (χ4v) is 2.75. The predicted molar refractivity (Wildman–Crippen MR) is 121 cm³/mol. The van der Waals surface area contributed by atoms with Gasteiger partial charge in [0.25, 0.3) is 5.91 Å². The van der Waals surface area contributed by atoms with Crippen LogP contribution in [-0.2, 0) is 11.3 Å². The van der Waals surface area contributed by atoms with Crippen LogP contribution in [0.3, 0.4) is 0 Å². The highest BCUT2D eigenvalue weighted by Gasteiger charge is 2.16. The lowest BCUT2D eigenvalue weighted by Crippen LogP contribution is -2.41. The maximum atomic E-state index is 12.3. The molecule has 0 aromatic heterocycles. The number of nitrogens with one attached hydrogen (secondary N) is 3. The Morgan fingerprint density at radius 3 is 2.70 bits per heavy atom. The number of carbonyl (C=O) groups excluding carboxylic acids is 1. The molecule has 0 radical (unpaired) electrons. The van der Waals surface area contributed by atoms with E-state index in [0.29, 0.717) is 12.1 Å². The zero-order valence-corrected chi connectivity index (χ0v) is 19.1. The lowest BCUT2D eigenvalue weighted by molar-refractivity contribution is 0.0919. The van der Waals surface area contributed by atoms with E-state index in [2.05, 4.69) is 20.9 Å². The van der Waals surface area contributed by atoms with Crippen molar-refractivity contribution in [3.05, 3.63) is 35.4 Å². The quantitative estimate of drug-likeness (QED) is 0.327. The van der Waals surface area contributed by atoms with Crippen LogP contribution >= 0.6 is 24.0 Å². The predicted octanol–water partition coefficient (Wildman–Crippen LogP) is 3.07. The second-order valence-corrected chi connectivity index (χ2v) is 7.62. The first kappa shape index (κ1) is 23.7. The number of benzene rings is 1. The van der Waals surface area contributed by atoms with Gasteiger partial charge in [0.15, 0.2) is 5.96 Å². The van der Waals surface area contributed by atoms with Crippen molar-refractivity contribution in [1.29, 1.82) is 0 Å². The molecular weight excluding hydrogens is 455 g/mol. The van der Waals surface area contributed by atoms with Crippen molar-refractivity contribution >= 4 is 35.8 Å². The topological polar surface area (TPSA) is 74.8 Å². The lowest BCUT2D eigenvalue weighted by Gasteiger charge is -2.20. The molecule has 0 saturated carbocycles. The van der Waals surface area contributed by atoms with Gasteiger partial charge in [0.2, 0.25) is 0 Å². The van der Waals surface area contributed by atoms with E-state index >= 15 is 0 Å². The molecule has 1 fully saturated rings. The normalized spacial score (nSPS) is 17.2. The van der Waals surface area contributed by atoms with Gasteiger partial charge in [-0.15, -0.1) is 24.0 Å². The van der Waals surface area contributed by atoms with Gasteiger partial charge >= 0.3 is 0 Å². The summed E-state index contributed by atoms with van der Waals surface area (Å²) in [4.78, 5) is 16.9. The summed E-state index contributed by atoms with van der Waals surface area (Å²) < 4.78 is 5.64. The molecule has 1 atom stereocenters. The molecule has 1 unspecified atom stereocenters. The Morgan fingerprint density at radius 2 is 2.07 bits per heavy atom. The molecule has 1 heterocycles. The molecule has 1 aromatic rings. The van der Waals surface area contributed by atoms with E-state index in [1.807, 2.05) is 52.0 Å². The van der Waals surface area contributed by atoms with E-state index in [1.54, 1.807) is 0 Å². The second kappa shape index (κ2) is 11.5. The molecule has 1 amide bonds. The van der Waals surface area contributed by atoms with Crippen LogP contribution in [0.2, 0.25) is 0 Å². The summed E-state index contributed by atoms with van der Waals surface area (Å²) in [6.07, 6.45) is 2.49. The van der Waals surface area contributed by atoms with Gasteiger partial charge in [0.1, 0.15) is 0 Å². The van der Waals surface area contributed by atoms with E-state index in [4.69, 9.17) is 4.74 Å². The number of halogens is 1. The third kappa shape index (κ3) is 8.92. The Bertz CT molecular complexity index is 623. The highest BCUT2D eigenvalue weighted by Crippen LogP contribution is 2.11. The first-order valence-corrected chi connectivity index (χ1v) is 9.42. The summed E-state index contributed by atoms with van der Waals surface area (Å²) in [5.41, 5.74) is 1.40. The van der Waals surface area contributed by atoms with Gasteiger partial charge in [0, 0.05) is 30.8 Å². The van der Waals surface area contributed by atoms with E-state index in [9.17, 15) is 4.79 Å². The molecule has 152 valence electrons. The number of guanidine groups is 1. The van der Waals surface area contributed by atoms with Crippen LogP contribution in [0.5, 0.6) is 0 Å². The summed E-state index contributed by atoms with van der Waals surface area (Å²) in [5.74, 6) is 0.708. The lowest BCUT2D eigenvalue weighted by atomic mass is 10.1. The highest BCUT2D eigenvalue weighted by molar-refractivity contribution is 14.0. The van der Waals surface area contributed by atoms with Crippen molar-refractivity contribution < 1.29 is 9.53 Å². The molecule has 3 N–H and O–H groups in total. The summed E-state index contributed by atoms with van der Waals surface area (Å²) in [7, 11) is 0. The Hall–Kier alpha value is -1.35. The molecule has 2 rings (SSSR count). The Balaban J connectivity index is 0.00000364. The van der Waals surface area contributed by atoms with E-state index in [-0.39, 0.29) is 41.5 Å². The van der Waals surface area contributed by atoms with E-state index in [1.165, 1.54) is 0 Å². The van der Waals surface area contributed by atoms with Crippen molar-refractivity contribution in [2.24, 2.45) is 4.99 Å². The maximum absolute atomic E-state index is 12.3. The number of amides is 1. The van der Waals surface area contributed by atoms with E-state index < -0.39 is 0 Å². The van der Waals surface area contributed by atoms with Crippen LogP contribution < -0.4 is 16.0 Å². The van der Waals surface area contributed by atoms with E-state index in [0.717, 1.165) is 44.1 Å². The third-order valence-corrected chi connectivity index (χ3v) is 3.96. The van der Waals surface area contributed by atoms with Gasteiger partial charge in [-0.25, -0.2) is 4.99 Å². The molecule has 1 aliphatic heterocycles. The van der Waals surface area contributed by atoms with Crippen LogP contribution in [0.1, 0.15) is 56.5 Å². The SMILES string of the molecule is CCNC(=NCc1cccc(C(=O)NC(C)(C)C)c1)NCC1CCCO1.I. The molecule has 27 heavy (non-hydrogen) atoms. The zero-order chi connectivity index (χ0) is 19.0. The van der Waals surface area contributed by atoms with Crippen molar-refractivity contribution in [3.8, 4) is 0 Å². The molecule has 0 bridgehead atoms. The molecule has 1 aromatic carbocycles. The van der Waals surface area contributed by atoms with Crippen LogP contribution in [0.15, 0.2) is 29.3 Å². The van der Waals surface area contributed by atoms with Gasteiger partial charge in [0.05, 0.1) is 12.6 Å². The minimum Gasteiger partial charge on any atom is -0.376 e. The van der Waals surface area contributed by atoms with Crippen LogP contribution in [0.25, 0.3) is 0 Å². The molecule has 1 aliphatic rings. The highest BCUT2D eigenvalue weighted by atomic mass is 127. The summed E-state index contributed by atoms with van der Waals surface area (Å²) in [6, 6.07) is 7.61. The third-order valence-electron chi connectivity index (χ3n) is 3.96. The molecular formula is C20H33IN4O2. The van der Waals surface area contributed by atoms with Gasteiger partial charge < -0.3 is 20.7 Å². The number of rotatable bonds is 6. The second-order valence-electron chi connectivity index (χ2n) is 7.62. The van der Waals surface area contributed by atoms with Crippen molar-refractivity contribution in [1.82, 2.24) is 16.0 Å². The fraction of sp³-hybridized carbons (Fsp3) is 0.600. The minimum atomic E-state index is -0.254. The smallest absolute Gasteiger partial charge is 0.251 e. The Kier molecular flexibility index (Phi) is 10.1. The first-order valence-electron chi connectivity index (χ1n) is 9.42. The Labute approximate surface area is 179 Å². The number of nitrogens with zero attached hydrogens (tertiary/aromatic N) is 1.